The van der Waals surface area contributed by atoms with Gasteiger partial charge in [-0.25, -0.2) is 9.78 Å². The number of nitrogens with zero attached hydrogens (tertiary/aromatic N) is 1. The summed E-state index contributed by atoms with van der Waals surface area (Å²) < 4.78 is 5.10. The molecule has 0 spiro atoms. The lowest BCUT2D eigenvalue weighted by molar-refractivity contribution is -0.145. The van der Waals surface area contributed by atoms with Crippen molar-refractivity contribution in [1.82, 2.24) is 10.3 Å². The molecular weight excluding hydrogens is 248 g/mol. The Morgan fingerprint density at radius 3 is 2.68 bits per heavy atom. The van der Waals surface area contributed by atoms with Crippen molar-refractivity contribution in [2.24, 2.45) is 0 Å². The molecule has 1 aromatic rings. The molecule has 0 bridgehead atoms. The summed E-state index contributed by atoms with van der Waals surface area (Å²) in [6, 6.07) is 0. The summed E-state index contributed by atoms with van der Waals surface area (Å²) in [7, 11) is 0. The molecule has 1 aromatic heterocycles. The number of aromatic nitrogens is 1. The van der Waals surface area contributed by atoms with Crippen molar-refractivity contribution in [3.63, 3.8) is 0 Å². The number of rotatable bonds is 4. The largest absolute Gasteiger partial charge is 0.480 e. The first-order chi connectivity index (χ1) is 9.09. The van der Waals surface area contributed by atoms with E-state index in [1.807, 2.05) is 6.92 Å². The second-order valence-electron chi connectivity index (χ2n) is 4.88. The van der Waals surface area contributed by atoms with Crippen molar-refractivity contribution in [1.29, 1.82) is 0 Å². The molecule has 19 heavy (non-hydrogen) atoms. The number of carboxylic acid groups (broad SMARTS) is 1. The third-order valence-corrected chi connectivity index (χ3v) is 3.65. The van der Waals surface area contributed by atoms with Crippen molar-refractivity contribution in [3.05, 3.63) is 17.8 Å². The molecular formula is C13H18N2O4. The number of oxazole rings is 1. The summed E-state index contributed by atoms with van der Waals surface area (Å²) in [4.78, 5) is 27.5. The van der Waals surface area contributed by atoms with Crippen molar-refractivity contribution in [2.45, 2.75) is 51.0 Å². The Morgan fingerprint density at radius 2 is 2.11 bits per heavy atom. The van der Waals surface area contributed by atoms with Crippen molar-refractivity contribution >= 4 is 11.9 Å². The number of hydrogen-bond acceptors (Lipinski definition) is 4. The molecule has 0 radical (unpaired) electrons. The summed E-state index contributed by atoms with van der Waals surface area (Å²) >= 11 is 0. The van der Waals surface area contributed by atoms with Crippen LogP contribution in [-0.2, 0) is 11.2 Å². The minimum absolute atomic E-state index is 0.189. The van der Waals surface area contributed by atoms with Gasteiger partial charge in [-0.2, -0.15) is 0 Å². The Hall–Kier alpha value is -1.85. The summed E-state index contributed by atoms with van der Waals surface area (Å²) in [6.45, 7) is 1.85. The highest BCUT2D eigenvalue weighted by Crippen LogP contribution is 2.29. The van der Waals surface area contributed by atoms with E-state index in [2.05, 4.69) is 10.3 Å². The molecule has 104 valence electrons. The predicted octanol–water partition coefficient (Wildman–Crippen LogP) is 1.75. The van der Waals surface area contributed by atoms with Gasteiger partial charge in [-0.05, 0) is 12.8 Å². The van der Waals surface area contributed by atoms with E-state index in [0.717, 1.165) is 19.3 Å². The quantitative estimate of drug-likeness (QED) is 0.866. The number of carbonyl (C=O) groups excluding carboxylic acids is 1. The molecule has 2 N–H and O–H groups in total. The number of amides is 1. The first-order valence-electron chi connectivity index (χ1n) is 6.57. The van der Waals surface area contributed by atoms with E-state index in [9.17, 15) is 14.7 Å². The van der Waals surface area contributed by atoms with E-state index in [4.69, 9.17) is 4.42 Å². The lowest BCUT2D eigenvalue weighted by atomic mass is 9.81. The number of hydrogen-bond donors (Lipinski definition) is 2. The number of aryl methyl sites for hydroxylation is 1. The van der Waals surface area contributed by atoms with Gasteiger partial charge < -0.3 is 14.8 Å². The number of aliphatic carboxylic acids is 1. The maximum absolute atomic E-state index is 12.2. The molecule has 1 fully saturated rings. The molecule has 6 nitrogen and oxygen atoms in total. The van der Waals surface area contributed by atoms with Crippen LogP contribution < -0.4 is 5.32 Å². The monoisotopic (exact) mass is 266 g/mol. The highest BCUT2D eigenvalue weighted by molar-refractivity contribution is 5.97. The fourth-order valence-electron chi connectivity index (χ4n) is 2.53. The molecule has 0 aliphatic heterocycles. The van der Waals surface area contributed by atoms with Gasteiger partial charge in [0.2, 0.25) is 0 Å². The first-order valence-corrected chi connectivity index (χ1v) is 6.57. The Balaban J connectivity index is 2.18. The van der Waals surface area contributed by atoms with Crippen LogP contribution in [0.25, 0.3) is 0 Å². The molecule has 0 atom stereocenters. The van der Waals surface area contributed by atoms with E-state index < -0.39 is 17.4 Å². The SMILES string of the molecule is CCc1ocnc1C(=O)NC1(C(=O)O)CCCCC1. The van der Waals surface area contributed by atoms with Gasteiger partial charge in [-0.3, -0.25) is 4.79 Å². The van der Waals surface area contributed by atoms with Crippen LogP contribution in [0.15, 0.2) is 10.8 Å². The maximum Gasteiger partial charge on any atom is 0.329 e. The Morgan fingerprint density at radius 1 is 1.42 bits per heavy atom. The van der Waals surface area contributed by atoms with Crippen LogP contribution in [0, 0.1) is 0 Å². The van der Waals surface area contributed by atoms with Gasteiger partial charge in [0.05, 0.1) is 0 Å². The fraction of sp³-hybridized carbons (Fsp3) is 0.615. The molecule has 0 saturated heterocycles. The highest BCUT2D eigenvalue weighted by Gasteiger charge is 2.41. The molecule has 1 aliphatic carbocycles. The van der Waals surface area contributed by atoms with Gasteiger partial charge in [-0.15, -0.1) is 0 Å². The van der Waals surface area contributed by atoms with Crippen LogP contribution >= 0.6 is 0 Å². The highest BCUT2D eigenvalue weighted by atomic mass is 16.4. The molecule has 0 aromatic carbocycles. The van der Waals surface area contributed by atoms with E-state index >= 15 is 0 Å². The van der Waals surface area contributed by atoms with Crippen LogP contribution in [0.5, 0.6) is 0 Å². The summed E-state index contributed by atoms with van der Waals surface area (Å²) in [5.74, 6) is -0.953. The van der Waals surface area contributed by atoms with Crippen LogP contribution in [0.3, 0.4) is 0 Å². The third-order valence-electron chi connectivity index (χ3n) is 3.65. The van der Waals surface area contributed by atoms with Gasteiger partial charge in [0.1, 0.15) is 11.3 Å². The average Bonchev–Trinajstić information content (AvgIpc) is 2.88. The summed E-state index contributed by atoms with van der Waals surface area (Å²) in [5.41, 5.74) is -0.965. The van der Waals surface area contributed by atoms with E-state index in [1.165, 1.54) is 6.39 Å². The van der Waals surface area contributed by atoms with Crippen LogP contribution in [0.1, 0.15) is 55.3 Å². The maximum atomic E-state index is 12.2. The van der Waals surface area contributed by atoms with Crippen LogP contribution in [0.4, 0.5) is 0 Å². The summed E-state index contributed by atoms with van der Waals surface area (Å²) in [5, 5.41) is 12.1. The predicted molar refractivity (Wildman–Crippen MR) is 66.8 cm³/mol. The molecule has 6 heteroatoms. The molecule has 1 amide bonds. The zero-order valence-corrected chi connectivity index (χ0v) is 10.9. The van der Waals surface area contributed by atoms with Gasteiger partial charge >= 0.3 is 5.97 Å². The van der Waals surface area contributed by atoms with E-state index in [-0.39, 0.29) is 5.69 Å². The zero-order chi connectivity index (χ0) is 13.9. The van der Waals surface area contributed by atoms with Gasteiger partial charge in [0.15, 0.2) is 12.1 Å². The zero-order valence-electron chi connectivity index (χ0n) is 10.9. The smallest absolute Gasteiger partial charge is 0.329 e. The van der Waals surface area contributed by atoms with Crippen LogP contribution in [0.2, 0.25) is 0 Å². The Kier molecular flexibility index (Phi) is 3.87. The van der Waals surface area contributed by atoms with Crippen molar-refractivity contribution in [2.75, 3.05) is 0 Å². The number of carboxylic acids is 1. The molecule has 0 unspecified atom stereocenters. The number of carbonyl (C=O) groups is 2. The molecule has 1 aliphatic rings. The Bertz CT molecular complexity index is 475. The lowest BCUT2D eigenvalue weighted by Gasteiger charge is -2.33. The minimum atomic E-state index is -1.15. The van der Waals surface area contributed by atoms with Gasteiger partial charge in [-0.1, -0.05) is 26.2 Å². The molecule has 1 heterocycles. The average molecular weight is 266 g/mol. The molecule has 2 rings (SSSR count). The molecule has 1 saturated carbocycles. The lowest BCUT2D eigenvalue weighted by Crippen LogP contribution is -2.55. The van der Waals surface area contributed by atoms with Crippen molar-refractivity contribution < 1.29 is 19.1 Å². The second-order valence-corrected chi connectivity index (χ2v) is 4.88. The second kappa shape index (κ2) is 5.42. The fourth-order valence-corrected chi connectivity index (χ4v) is 2.53. The van der Waals surface area contributed by atoms with Crippen LogP contribution in [-0.4, -0.2) is 27.5 Å². The van der Waals surface area contributed by atoms with Crippen molar-refractivity contribution in [3.8, 4) is 0 Å². The first kappa shape index (κ1) is 13.6. The van der Waals surface area contributed by atoms with Gasteiger partial charge in [0.25, 0.3) is 5.91 Å². The minimum Gasteiger partial charge on any atom is -0.480 e. The normalized spacial score (nSPS) is 17.9. The summed E-state index contributed by atoms with van der Waals surface area (Å²) in [6.07, 6.45) is 5.32. The van der Waals surface area contributed by atoms with E-state index in [0.29, 0.717) is 25.0 Å². The topological polar surface area (TPSA) is 92.4 Å². The number of nitrogens with one attached hydrogen (secondary N) is 1. The third kappa shape index (κ3) is 2.62. The Labute approximate surface area is 111 Å². The van der Waals surface area contributed by atoms with Gasteiger partial charge in [0, 0.05) is 6.42 Å². The standard InChI is InChI=1S/C13H18N2O4/c1-2-9-10(14-8-19-9)11(16)15-13(12(17)18)6-4-3-5-7-13/h8H,2-7H2,1H3,(H,15,16)(H,17,18). The van der Waals surface area contributed by atoms with E-state index in [1.54, 1.807) is 0 Å².